The Morgan fingerprint density at radius 2 is 1.61 bits per heavy atom. The molecule has 0 unspecified atom stereocenters. The Morgan fingerprint density at radius 3 is 2.06 bits per heavy atom. The molecule has 0 aliphatic heterocycles. The van der Waals surface area contributed by atoms with Crippen LogP contribution in [0.2, 0.25) is 15.1 Å². The van der Waals surface area contributed by atoms with E-state index in [2.05, 4.69) is 4.74 Å². The summed E-state index contributed by atoms with van der Waals surface area (Å²) < 4.78 is 4.34. The normalized spacial score (nSPS) is 9.94. The summed E-state index contributed by atoms with van der Waals surface area (Å²) in [6.07, 6.45) is 0. The van der Waals surface area contributed by atoms with E-state index in [4.69, 9.17) is 45.0 Å². The molecule has 0 amide bonds. The standard InChI is InChI=1S/C9H3Cl3O6/c10-2-1-3(11)6(18-9(17)8(15)16)4(5(2)12)7(13)14/h1H,(H,13,14)(H,15,16). The van der Waals surface area contributed by atoms with Gasteiger partial charge >= 0.3 is 17.9 Å². The molecule has 18 heavy (non-hydrogen) atoms. The zero-order chi connectivity index (χ0) is 14.0. The minimum Gasteiger partial charge on any atom is -0.477 e. The fourth-order valence-corrected chi connectivity index (χ4v) is 1.73. The van der Waals surface area contributed by atoms with Crippen molar-refractivity contribution in [3.63, 3.8) is 0 Å². The molecular formula is C9H3Cl3O6. The number of halogens is 3. The number of ether oxygens (including phenoxy) is 1. The van der Waals surface area contributed by atoms with Crippen molar-refractivity contribution in [1.29, 1.82) is 0 Å². The molecule has 0 spiro atoms. The Labute approximate surface area is 115 Å². The van der Waals surface area contributed by atoms with Crippen molar-refractivity contribution < 1.29 is 29.3 Å². The number of carbonyl (C=O) groups excluding carboxylic acids is 1. The van der Waals surface area contributed by atoms with Crippen molar-refractivity contribution in [2.24, 2.45) is 0 Å². The van der Waals surface area contributed by atoms with Crippen molar-refractivity contribution in [3.8, 4) is 5.75 Å². The van der Waals surface area contributed by atoms with Gasteiger partial charge in [0.15, 0.2) is 5.75 Å². The third-order valence-electron chi connectivity index (χ3n) is 1.71. The lowest BCUT2D eigenvalue weighted by Crippen LogP contribution is -2.21. The van der Waals surface area contributed by atoms with Crippen LogP contribution in [0.25, 0.3) is 0 Å². The Kier molecular flexibility index (Phi) is 4.39. The van der Waals surface area contributed by atoms with E-state index in [9.17, 15) is 14.4 Å². The zero-order valence-corrected chi connectivity index (χ0v) is 10.5. The van der Waals surface area contributed by atoms with Gasteiger partial charge in [0.05, 0.1) is 15.1 Å². The zero-order valence-electron chi connectivity index (χ0n) is 8.24. The number of hydrogen-bond acceptors (Lipinski definition) is 4. The molecule has 1 rings (SSSR count). The molecule has 0 saturated carbocycles. The maximum atomic E-state index is 11.0. The fourth-order valence-electron chi connectivity index (χ4n) is 1.01. The van der Waals surface area contributed by atoms with Crippen LogP contribution >= 0.6 is 34.8 Å². The molecule has 0 heterocycles. The van der Waals surface area contributed by atoms with Crippen molar-refractivity contribution in [2.75, 3.05) is 0 Å². The van der Waals surface area contributed by atoms with E-state index < -0.39 is 34.2 Å². The van der Waals surface area contributed by atoms with Crippen LogP contribution in [0.5, 0.6) is 5.75 Å². The highest BCUT2D eigenvalue weighted by Crippen LogP contribution is 2.39. The molecule has 96 valence electrons. The first-order valence-electron chi connectivity index (χ1n) is 4.11. The molecule has 0 atom stereocenters. The summed E-state index contributed by atoms with van der Waals surface area (Å²) in [6, 6.07) is 1.03. The first kappa shape index (κ1) is 14.6. The number of aliphatic carboxylic acids is 1. The van der Waals surface area contributed by atoms with Crippen LogP contribution in [0.15, 0.2) is 6.07 Å². The summed E-state index contributed by atoms with van der Waals surface area (Å²) in [4.78, 5) is 32.2. The Morgan fingerprint density at radius 1 is 1.06 bits per heavy atom. The van der Waals surface area contributed by atoms with Crippen LogP contribution < -0.4 is 4.74 Å². The minimum absolute atomic E-state index is 0.172. The van der Waals surface area contributed by atoms with Crippen molar-refractivity contribution >= 4 is 52.7 Å². The molecule has 0 radical (unpaired) electrons. The lowest BCUT2D eigenvalue weighted by atomic mass is 10.2. The fraction of sp³-hybridized carbons (Fsp3) is 0. The molecule has 9 heteroatoms. The van der Waals surface area contributed by atoms with E-state index in [1.807, 2.05) is 0 Å². The summed E-state index contributed by atoms with van der Waals surface area (Å²) in [7, 11) is 0. The number of esters is 1. The van der Waals surface area contributed by atoms with Gasteiger partial charge in [0.25, 0.3) is 0 Å². The summed E-state index contributed by atoms with van der Waals surface area (Å²) in [6.45, 7) is 0. The average molecular weight is 313 g/mol. The smallest absolute Gasteiger partial charge is 0.422 e. The first-order chi connectivity index (χ1) is 8.25. The molecule has 0 aromatic heterocycles. The van der Waals surface area contributed by atoms with Gasteiger partial charge in [-0.3, -0.25) is 0 Å². The van der Waals surface area contributed by atoms with Gasteiger partial charge in [-0.1, -0.05) is 34.8 Å². The van der Waals surface area contributed by atoms with Gasteiger partial charge < -0.3 is 14.9 Å². The lowest BCUT2D eigenvalue weighted by Gasteiger charge is -2.10. The van der Waals surface area contributed by atoms with Crippen molar-refractivity contribution in [3.05, 3.63) is 26.7 Å². The van der Waals surface area contributed by atoms with E-state index >= 15 is 0 Å². The summed E-state index contributed by atoms with van der Waals surface area (Å²) >= 11 is 16.8. The summed E-state index contributed by atoms with van der Waals surface area (Å²) in [5.41, 5.74) is -0.691. The van der Waals surface area contributed by atoms with E-state index in [0.29, 0.717) is 0 Å². The van der Waals surface area contributed by atoms with Gasteiger partial charge in [0, 0.05) is 0 Å². The van der Waals surface area contributed by atoms with E-state index in [1.165, 1.54) is 0 Å². The maximum absolute atomic E-state index is 11.0. The molecule has 6 nitrogen and oxygen atoms in total. The third-order valence-corrected chi connectivity index (χ3v) is 2.78. The predicted molar refractivity (Wildman–Crippen MR) is 61.7 cm³/mol. The monoisotopic (exact) mass is 312 g/mol. The second-order valence-corrected chi connectivity index (χ2v) is 4.05. The summed E-state index contributed by atoms with van der Waals surface area (Å²) in [5, 5.41) is 16.3. The van der Waals surface area contributed by atoms with Crippen LogP contribution in [-0.2, 0) is 9.59 Å². The molecule has 0 bridgehead atoms. The molecule has 0 aliphatic carbocycles. The van der Waals surface area contributed by atoms with Crippen LogP contribution in [0, 0.1) is 0 Å². The minimum atomic E-state index is -1.91. The van der Waals surface area contributed by atoms with Gasteiger partial charge in [0.2, 0.25) is 0 Å². The van der Waals surface area contributed by atoms with Crippen LogP contribution in [0.3, 0.4) is 0 Å². The maximum Gasteiger partial charge on any atom is 0.422 e. The van der Waals surface area contributed by atoms with E-state index in [0.717, 1.165) is 6.07 Å². The molecule has 0 aliphatic rings. The number of carboxylic acids is 2. The lowest BCUT2D eigenvalue weighted by molar-refractivity contribution is -0.158. The van der Waals surface area contributed by atoms with Gasteiger partial charge in [-0.25, -0.2) is 14.4 Å². The second-order valence-electron chi connectivity index (χ2n) is 2.86. The highest BCUT2D eigenvalue weighted by Gasteiger charge is 2.26. The van der Waals surface area contributed by atoms with Gasteiger partial charge in [-0.05, 0) is 6.07 Å². The Balaban J connectivity index is 3.42. The van der Waals surface area contributed by atoms with Crippen molar-refractivity contribution in [2.45, 2.75) is 0 Å². The molecule has 1 aromatic rings. The van der Waals surface area contributed by atoms with Crippen molar-refractivity contribution in [1.82, 2.24) is 0 Å². The first-order valence-corrected chi connectivity index (χ1v) is 5.25. The highest BCUT2D eigenvalue weighted by atomic mass is 35.5. The summed E-state index contributed by atoms with van der Waals surface area (Å²) in [5.74, 6) is -5.85. The number of hydrogen-bond donors (Lipinski definition) is 2. The van der Waals surface area contributed by atoms with Gasteiger partial charge in [-0.15, -0.1) is 0 Å². The molecule has 2 N–H and O–H groups in total. The Hall–Kier alpha value is -1.50. The SMILES string of the molecule is O=C(O)C(=O)Oc1c(Cl)cc(Cl)c(Cl)c1C(=O)O. The predicted octanol–water partition coefficient (Wildman–Crippen LogP) is 2.33. The largest absolute Gasteiger partial charge is 0.477 e. The van der Waals surface area contributed by atoms with Gasteiger partial charge in [-0.2, -0.15) is 0 Å². The number of carboxylic acid groups (broad SMARTS) is 2. The van der Waals surface area contributed by atoms with E-state index in [1.54, 1.807) is 0 Å². The van der Waals surface area contributed by atoms with Crippen LogP contribution in [0.1, 0.15) is 10.4 Å². The molecule has 0 fully saturated rings. The van der Waals surface area contributed by atoms with Crippen LogP contribution in [-0.4, -0.2) is 28.1 Å². The Bertz CT molecular complexity index is 554. The number of aromatic carboxylic acids is 1. The second kappa shape index (κ2) is 5.43. The number of carbonyl (C=O) groups is 3. The molecule has 1 aromatic carbocycles. The quantitative estimate of drug-likeness (QED) is 0.376. The topological polar surface area (TPSA) is 101 Å². The average Bonchev–Trinajstić information content (AvgIpc) is 2.25. The van der Waals surface area contributed by atoms with Crippen LogP contribution in [0.4, 0.5) is 0 Å². The number of rotatable bonds is 2. The highest BCUT2D eigenvalue weighted by molar-refractivity contribution is 6.45. The van der Waals surface area contributed by atoms with Gasteiger partial charge in [0.1, 0.15) is 5.56 Å². The molecular weight excluding hydrogens is 310 g/mol. The number of benzene rings is 1. The van der Waals surface area contributed by atoms with E-state index in [-0.39, 0.29) is 10.0 Å². The molecule has 0 saturated heterocycles. The third kappa shape index (κ3) is 2.84.